The molecule has 0 aliphatic heterocycles. The van der Waals surface area contributed by atoms with Crippen molar-refractivity contribution in [3.05, 3.63) is 52.2 Å². The largest absolute Gasteiger partial charge is 0.396 e. The number of nitro groups is 1. The van der Waals surface area contributed by atoms with Gasteiger partial charge < -0.3 is 5.73 Å². The smallest absolute Gasteiger partial charge is 0.269 e. The molecule has 100 valence electrons. The van der Waals surface area contributed by atoms with Crippen LogP contribution in [-0.2, 0) is 0 Å². The summed E-state index contributed by atoms with van der Waals surface area (Å²) < 4.78 is 1.58. The van der Waals surface area contributed by atoms with Crippen molar-refractivity contribution < 1.29 is 4.92 Å². The summed E-state index contributed by atoms with van der Waals surface area (Å²) in [5.74, 6) is 0. The number of thiazole rings is 1. The molecule has 8 heteroatoms. The maximum Gasteiger partial charge on any atom is 0.269 e. The van der Waals surface area contributed by atoms with E-state index in [4.69, 9.17) is 5.73 Å². The van der Waals surface area contributed by atoms with Gasteiger partial charge in [0.1, 0.15) is 10.7 Å². The second-order valence-corrected chi connectivity index (χ2v) is 4.88. The van der Waals surface area contributed by atoms with Gasteiger partial charge in [0.05, 0.1) is 22.5 Å². The summed E-state index contributed by atoms with van der Waals surface area (Å²) in [7, 11) is 0. The Hall–Kier alpha value is -2.74. The summed E-state index contributed by atoms with van der Waals surface area (Å²) in [6.45, 7) is 0. The van der Waals surface area contributed by atoms with Crippen molar-refractivity contribution in [1.29, 1.82) is 0 Å². The van der Waals surface area contributed by atoms with Gasteiger partial charge in [-0.2, -0.15) is 5.10 Å². The Morgan fingerprint density at radius 2 is 2.05 bits per heavy atom. The van der Waals surface area contributed by atoms with Crippen molar-refractivity contribution in [2.75, 3.05) is 5.73 Å². The number of non-ortho nitro benzene ring substituents is 1. The van der Waals surface area contributed by atoms with Crippen LogP contribution >= 0.6 is 11.3 Å². The quantitative estimate of drug-likeness (QED) is 0.589. The van der Waals surface area contributed by atoms with Crippen molar-refractivity contribution >= 4 is 22.7 Å². The fourth-order valence-corrected chi connectivity index (χ4v) is 2.40. The molecule has 0 unspecified atom stereocenters. The van der Waals surface area contributed by atoms with Crippen LogP contribution in [0, 0.1) is 10.1 Å². The summed E-state index contributed by atoms with van der Waals surface area (Å²) >= 11 is 1.45. The predicted octanol–water partition coefficient (Wildman–Crippen LogP) is 2.49. The molecule has 0 bridgehead atoms. The zero-order valence-corrected chi connectivity index (χ0v) is 10.9. The summed E-state index contributed by atoms with van der Waals surface area (Å²) in [5.41, 5.74) is 7.78. The molecule has 7 nitrogen and oxygen atoms in total. The highest BCUT2D eigenvalue weighted by atomic mass is 32.1. The third kappa shape index (κ3) is 2.12. The lowest BCUT2D eigenvalue weighted by Crippen LogP contribution is -1.95. The molecule has 0 fully saturated rings. The lowest BCUT2D eigenvalue weighted by Gasteiger charge is -1.99. The monoisotopic (exact) mass is 287 g/mol. The van der Waals surface area contributed by atoms with Gasteiger partial charge in [-0.3, -0.25) is 10.1 Å². The first-order valence-electron chi connectivity index (χ1n) is 5.65. The third-order valence-corrected chi connectivity index (χ3v) is 3.48. The Balaban J connectivity index is 1.99. The van der Waals surface area contributed by atoms with Gasteiger partial charge >= 0.3 is 0 Å². The van der Waals surface area contributed by atoms with E-state index in [0.29, 0.717) is 17.1 Å². The zero-order valence-electron chi connectivity index (χ0n) is 10.1. The van der Waals surface area contributed by atoms with Crippen LogP contribution in [-0.4, -0.2) is 19.7 Å². The van der Waals surface area contributed by atoms with Crippen LogP contribution in [0.3, 0.4) is 0 Å². The standard InChI is InChI=1S/C12H9N5O2S/c13-10-7-16(15-11(10)12-14-5-6-20-12)8-1-3-9(4-2-8)17(18)19/h1-7H,13H2. The van der Waals surface area contributed by atoms with Crippen LogP contribution in [0.1, 0.15) is 0 Å². The molecule has 0 atom stereocenters. The van der Waals surface area contributed by atoms with Crippen molar-refractivity contribution in [1.82, 2.24) is 14.8 Å². The van der Waals surface area contributed by atoms with Crippen molar-refractivity contribution in [2.24, 2.45) is 0 Å². The molecule has 0 aliphatic carbocycles. The van der Waals surface area contributed by atoms with E-state index in [2.05, 4.69) is 10.1 Å². The molecule has 0 amide bonds. The van der Waals surface area contributed by atoms with Gasteiger partial charge in [0.25, 0.3) is 5.69 Å². The SMILES string of the molecule is Nc1cn(-c2ccc([N+](=O)[O-])cc2)nc1-c1nccs1. The summed E-state index contributed by atoms with van der Waals surface area (Å²) in [4.78, 5) is 14.3. The summed E-state index contributed by atoms with van der Waals surface area (Å²) in [5, 5.41) is 17.6. The minimum absolute atomic E-state index is 0.0361. The first kappa shape index (κ1) is 12.3. The number of nitro benzene ring substituents is 1. The molecule has 2 N–H and O–H groups in total. The molecular formula is C12H9N5O2S. The Kier molecular flexibility index (Phi) is 2.92. The molecule has 2 heterocycles. The number of nitrogen functional groups attached to an aromatic ring is 1. The number of hydrogen-bond acceptors (Lipinski definition) is 6. The topological polar surface area (TPSA) is 99.9 Å². The van der Waals surface area contributed by atoms with E-state index >= 15 is 0 Å². The third-order valence-electron chi connectivity index (χ3n) is 2.70. The van der Waals surface area contributed by atoms with Gasteiger partial charge in [0.15, 0.2) is 0 Å². The molecule has 0 saturated heterocycles. The van der Waals surface area contributed by atoms with Crippen molar-refractivity contribution in [2.45, 2.75) is 0 Å². The van der Waals surface area contributed by atoms with Crippen LogP contribution in [0.2, 0.25) is 0 Å². The zero-order chi connectivity index (χ0) is 14.1. The van der Waals surface area contributed by atoms with Crippen LogP contribution < -0.4 is 5.73 Å². The lowest BCUT2D eigenvalue weighted by molar-refractivity contribution is -0.384. The molecule has 3 aromatic rings. The predicted molar refractivity (Wildman–Crippen MR) is 75.7 cm³/mol. The lowest BCUT2D eigenvalue weighted by atomic mass is 10.3. The Morgan fingerprint density at radius 3 is 2.65 bits per heavy atom. The number of benzene rings is 1. The van der Waals surface area contributed by atoms with E-state index in [1.807, 2.05) is 5.38 Å². The number of nitrogens with zero attached hydrogens (tertiary/aromatic N) is 4. The average molecular weight is 287 g/mol. The molecule has 1 aromatic carbocycles. The van der Waals surface area contributed by atoms with Gasteiger partial charge in [0, 0.05) is 23.7 Å². The molecule has 3 rings (SSSR count). The second kappa shape index (κ2) is 4.74. The minimum Gasteiger partial charge on any atom is -0.396 e. The van der Waals surface area contributed by atoms with E-state index in [0.717, 1.165) is 5.01 Å². The van der Waals surface area contributed by atoms with Crippen LogP contribution in [0.4, 0.5) is 11.4 Å². The Morgan fingerprint density at radius 1 is 1.30 bits per heavy atom. The second-order valence-electron chi connectivity index (χ2n) is 3.99. The summed E-state index contributed by atoms with van der Waals surface area (Å²) in [6.07, 6.45) is 3.35. The van der Waals surface area contributed by atoms with Gasteiger partial charge in [-0.15, -0.1) is 11.3 Å². The minimum atomic E-state index is -0.442. The molecule has 0 spiro atoms. The van der Waals surface area contributed by atoms with E-state index < -0.39 is 4.92 Å². The van der Waals surface area contributed by atoms with Crippen molar-refractivity contribution in [3.8, 4) is 16.4 Å². The average Bonchev–Trinajstić information content (AvgIpc) is 3.07. The Bertz CT molecular complexity index is 749. The number of hydrogen-bond donors (Lipinski definition) is 1. The molecule has 2 aromatic heterocycles. The first-order chi connectivity index (χ1) is 9.65. The van der Waals surface area contributed by atoms with Gasteiger partial charge in [-0.25, -0.2) is 9.67 Å². The number of aromatic nitrogens is 3. The normalized spacial score (nSPS) is 10.6. The molecule has 0 saturated carbocycles. The fourth-order valence-electron chi connectivity index (χ4n) is 1.75. The van der Waals surface area contributed by atoms with Crippen LogP contribution in [0.25, 0.3) is 16.4 Å². The summed E-state index contributed by atoms with van der Waals surface area (Å²) in [6, 6.07) is 6.10. The highest BCUT2D eigenvalue weighted by Crippen LogP contribution is 2.27. The van der Waals surface area contributed by atoms with Crippen LogP contribution in [0.15, 0.2) is 42.0 Å². The fraction of sp³-hybridized carbons (Fsp3) is 0. The van der Waals surface area contributed by atoms with E-state index in [1.54, 1.807) is 29.2 Å². The number of nitrogens with two attached hydrogens (primary N) is 1. The van der Waals surface area contributed by atoms with E-state index in [1.165, 1.54) is 23.5 Å². The maximum absolute atomic E-state index is 10.6. The highest BCUT2D eigenvalue weighted by Gasteiger charge is 2.12. The van der Waals surface area contributed by atoms with Gasteiger partial charge in [-0.05, 0) is 12.1 Å². The molecule has 0 aliphatic rings. The first-order valence-corrected chi connectivity index (χ1v) is 6.53. The molecule has 0 radical (unpaired) electrons. The number of rotatable bonds is 3. The maximum atomic E-state index is 10.6. The molecule has 20 heavy (non-hydrogen) atoms. The Labute approximate surface area is 117 Å². The van der Waals surface area contributed by atoms with Crippen LogP contribution in [0.5, 0.6) is 0 Å². The number of anilines is 1. The van der Waals surface area contributed by atoms with E-state index in [-0.39, 0.29) is 5.69 Å². The molecular weight excluding hydrogens is 278 g/mol. The van der Waals surface area contributed by atoms with Crippen molar-refractivity contribution in [3.63, 3.8) is 0 Å². The highest BCUT2D eigenvalue weighted by molar-refractivity contribution is 7.13. The van der Waals surface area contributed by atoms with E-state index in [9.17, 15) is 10.1 Å². The van der Waals surface area contributed by atoms with Gasteiger partial charge in [0.2, 0.25) is 0 Å². The van der Waals surface area contributed by atoms with Gasteiger partial charge in [-0.1, -0.05) is 0 Å².